The predicted molar refractivity (Wildman–Crippen MR) is 42.3 cm³/mol. The molecule has 5 heteroatoms. The summed E-state index contributed by atoms with van der Waals surface area (Å²) in [5.74, 6) is -0.0625. The molecular weight excluding hydrogens is 164 g/mol. The Morgan fingerprint density at radius 3 is 1.70 bits per heavy atom. The molecular formula is C5H14CaO4. The Labute approximate surface area is 92.5 Å². The van der Waals surface area contributed by atoms with E-state index in [0.29, 0.717) is 0 Å². The van der Waals surface area contributed by atoms with Crippen LogP contribution >= 0.6 is 0 Å². The molecule has 0 bridgehead atoms. The van der Waals surface area contributed by atoms with E-state index in [0.717, 1.165) is 0 Å². The van der Waals surface area contributed by atoms with Crippen molar-refractivity contribution in [3.05, 3.63) is 11.8 Å². The molecule has 0 rings (SSSR count). The number of rotatable bonds is 1. The van der Waals surface area contributed by atoms with Gasteiger partial charge in [-0.05, 0) is 13.8 Å². The van der Waals surface area contributed by atoms with Crippen LogP contribution in [0.3, 0.4) is 0 Å². The van der Waals surface area contributed by atoms with E-state index >= 15 is 0 Å². The number of aliphatic hydroxyl groups excluding tert-OH is 1. The van der Waals surface area contributed by atoms with Crippen molar-refractivity contribution in [3.8, 4) is 0 Å². The fourth-order valence-electron chi connectivity index (χ4n) is 0.294. The molecule has 0 aromatic heterocycles. The maximum atomic E-state index is 10.0. The zero-order valence-corrected chi connectivity index (χ0v) is 8.35. The van der Waals surface area contributed by atoms with Gasteiger partial charge in [0.2, 0.25) is 0 Å². The summed E-state index contributed by atoms with van der Waals surface area (Å²) in [6.07, 6.45) is 1.17. The van der Waals surface area contributed by atoms with Crippen molar-refractivity contribution < 1.29 is 23.7 Å². The van der Waals surface area contributed by atoms with Crippen molar-refractivity contribution in [2.75, 3.05) is 0 Å². The van der Waals surface area contributed by atoms with Crippen LogP contribution in [-0.4, -0.2) is 59.6 Å². The Bertz CT molecular complexity index is 114. The fraction of sp³-hybridized carbons (Fsp3) is 0.400. The zero-order chi connectivity index (χ0) is 5.86. The molecule has 0 aliphatic rings. The minimum absolute atomic E-state index is 0. The van der Waals surface area contributed by atoms with Gasteiger partial charge in [-0.3, -0.25) is 4.79 Å². The van der Waals surface area contributed by atoms with Crippen molar-refractivity contribution in [1.82, 2.24) is 0 Å². The van der Waals surface area contributed by atoms with Crippen LogP contribution in [-0.2, 0) is 4.79 Å². The molecule has 0 saturated carbocycles. The van der Waals surface area contributed by atoms with E-state index in [9.17, 15) is 4.79 Å². The first kappa shape index (κ1) is 22.4. The summed E-state index contributed by atoms with van der Waals surface area (Å²) >= 11 is 0. The third kappa shape index (κ3) is 23.8. The largest absolute Gasteiger partial charge is 2.00 e. The van der Waals surface area contributed by atoms with Gasteiger partial charge >= 0.3 is 37.7 Å². The van der Waals surface area contributed by atoms with Gasteiger partial charge in [0.15, 0.2) is 5.78 Å². The molecule has 0 spiro atoms. The van der Waals surface area contributed by atoms with Crippen molar-refractivity contribution >= 4 is 43.5 Å². The molecule has 0 aromatic rings. The topological polar surface area (TPSA) is 100 Å². The summed E-state index contributed by atoms with van der Waals surface area (Å²) in [6.45, 7) is 2.85. The summed E-state index contributed by atoms with van der Waals surface area (Å²) in [4.78, 5) is 10.0. The standard InChI is InChI=1S/C5H8O2.Ca.2H2O.2H/c1-4(6)3-5(2)7;;;;;/h3,6H,1-2H3;;2*1H2;;/q;+2;;;2*-1/b4-3-;;;;;. The molecule has 0 saturated heterocycles. The second-order valence-corrected chi connectivity index (χ2v) is 1.40. The number of aliphatic hydroxyl groups is 1. The fourth-order valence-corrected chi connectivity index (χ4v) is 0.294. The first-order valence-electron chi connectivity index (χ1n) is 2.01. The van der Waals surface area contributed by atoms with Crippen molar-refractivity contribution in [2.45, 2.75) is 13.8 Å². The molecule has 0 aliphatic carbocycles. The van der Waals surface area contributed by atoms with Gasteiger partial charge in [-0.15, -0.1) is 0 Å². The third-order valence-electron chi connectivity index (χ3n) is 0.412. The maximum absolute atomic E-state index is 10.0. The Balaban J connectivity index is -0.0000000180. The Kier molecular flexibility index (Phi) is 27.2. The van der Waals surface area contributed by atoms with Crippen LogP contribution in [0.5, 0.6) is 0 Å². The Hall–Kier alpha value is 0.390. The van der Waals surface area contributed by atoms with Crippen LogP contribution in [0, 0.1) is 0 Å². The average Bonchev–Trinajstić information content (AvgIpc) is 1.27. The smallest absolute Gasteiger partial charge is 1.00 e. The Morgan fingerprint density at radius 1 is 1.40 bits per heavy atom. The van der Waals surface area contributed by atoms with Crippen molar-refractivity contribution in [1.29, 1.82) is 0 Å². The predicted octanol–water partition coefficient (Wildman–Crippen LogP) is -0.768. The number of carbonyl (C=O) groups is 1. The maximum Gasteiger partial charge on any atom is 2.00 e. The summed E-state index contributed by atoms with van der Waals surface area (Å²) in [5, 5.41) is 8.36. The molecule has 60 valence electrons. The van der Waals surface area contributed by atoms with Gasteiger partial charge in [-0.25, -0.2) is 0 Å². The number of allylic oxidation sites excluding steroid dienone is 2. The van der Waals surface area contributed by atoms with E-state index in [2.05, 4.69) is 0 Å². The summed E-state index contributed by atoms with van der Waals surface area (Å²) < 4.78 is 0. The molecule has 0 aromatic carbocycles. The van der Waals surface area contributed by atoms with Crippen LogP contribution in [0.25, 0.3) is 0 Å². The van der Waals surface area contributed by atoms with Gasteiger partial charge in [-0.2, -0.15) is 0 Å². The molecule has 0 atom stereocenters. The van der Waals surface area contributed by atoms with Crippen LogP contribution in [0.4, 0.5) is 0 Å². The van der Waals surface area contributed by atoms with Gasteiger partial charge in [0.25, 0.3) is 0 Å². The number of hydrogen-bond donors (Lipinski definition) is 1. The normalized spacial score (nSPS) is 8.00. The number of hydrogen-bond acceptors (Lipinski definition) is 2. The molecule has 0 fully saturated rings. The monoisotopic (exact) mass is 178 g/mol. The van der Waals surface area contributed by atoms with Crippen molar-refractivity contribution in [3.63, 3.8) is 0 Å². The number of ketones is 1. The third-order valence-corrected chi connectivity index (χ3v) is 0.412. The summed E-state index contributed by atoms with van der Waals surface area (Å²) in [6, 6.07) is 0. The van der Waals surface area contributed by atoms with Crippen LogP contribution < -0.4 is 0 Å². The van der Waals surface area contributed by atoms with Gasteiger partial charge in [-0.1, -0.05) is 0 Å². The van der Waals surface area contributed by atoms with Gasteiger partial charge in [0.1, 0.15) is 0 Å². The van der Waals surface area contributed by atoms with Crippen LogP contribution in [0.1, 0.15) is 16.7 Å². The van der Waals surface area contributed by atoms with E-state index in [-0.39, 0.29) is 63.1 Å². The molecule has 5 N–H and O–H groups in total. The van der Waals surface area contributed by atoms with E-state index in [1.54, 1.807) is 0 Å². The van der Waals surface area contributed by atoms with Crippen LogP contribution in [0.2, 0.25) is 0 Å². The van der Waals surface area contributed by atoms with E-state index < -0.39 is 0 Å². The molecule has 0 radical (unpaired) electrons. The second-order valence-electron chi connectivity index (χ2n) is 1.40. The van der Waals surface area contributed by atoms with E-state index in [1.807, 2.05) is 0 Å². The minimum atomic E-state index is -0.125. The Morgan fingerprint density at radius 2 is 1.70 bits per heavy atom. The molecule has 4 nitrogen and oxygen atoms in total. The first-order chi connectivity index (χ1) is 3.13. The average molecular weight is 178 g/mol. The summed E-state index contributed by atoms with van der Waals surface area (Å²) in [5.41, 5.74) is 0. The molecule has 0 unspecified atom stereocenters. The quantitative estimate of drug-likeness (QED) is 0.324. The molecule has 0 amide bonds. The van der Waals surface area contributed by atoms with E-state index in [1.165, 1.54) is 19.9 Å². The van der Waals surface area contributed by atoms with Crippen LogP contribution in [0.15, 0.2) is 11.8 Å². The minimum Gasteiger partial charge on any atom is -1.00 e. The SMILES string of the molecule is CC(=O)/C=C(/C)O.O.O.[Ca+2].[H-].[H-]. The second kappa shape index (κ2) is 12.1. The zero-order valence-electron chi connectivity index (χ0n) is 8.14. The van der Waals surface area contributed by atoms with Crippen molar-refractivity contribution in [2.24, 2.45) is 0 Å². The van der Waals surface area contributed by atoms with Gasteiger partial charge in [0, 0.05) is 6.08 Å². The summed E-state index contributed by atoms with van der Waals surface area (Å²) in [7, 11) is 0. The molecule has 0 aliphatic heterocycles. The molecule has 0 heterocycles. The molecule has 10 heavy (non-hydrogen) atoms. The van der Waals surface area contributed by atoms with Gasteiger partial charge in [0.05, 0.1) is 5.76 Å². The van der Waals surface area contributed by atoms with Gasteiger partial charge < -0.3 is 18.9 Å². The van der Waals surface area contributed by atoms with E-state index in [4.69, 9.17) is 5.11 Å². The first-order valence-corrected chi connectivity index (χ1v) is 2.01. The number of carbonyl (C=O) groups excluding carboxylic acids is 1.